The van der Waals surface area contributed by atoms with E-state index in [4.69, 9.17) is 11.6 Å². The number of carbonyl (C=O) groups is 1. The number of carbonyl (C=O) groups excluding carboxylic acids is 1. The predicted molar refractivity (Wildman–Crippen MR) is 90.3 cm³/mol. The maximum absolute atomic E-state index is 13.1. The maximum atomic E-state index is 13.1. The first-order chi connectivity index (χ1) is 11.6. The van der Waals surface area contributed by atoms with Crippen molar-refractivity contribution < 1.29 is 9.18 Å². The van der Waals surface area contributed by atoms with Crippen molar-refractivity contribution in [2.45, 2.75) is 5.16 Å². The Morgan fingerprint density at radius 3 is 2.88 bits per heavy atom. The molecule has 0 fully saturated rings. The van der Waals surface area contributed by atoms with Crippen LogP contribution in [0.25, 0.3) is 5.69 Å². The molecule has 3 aromatic rings. The Morgan fingerprint density at radius 2 is 2.12 bits per heavy atom. The molecule has 1 amide bonds. The van der Waals surface area contributed by atoms with Gasteiger partial charge in [0.15, 0.2) is 0 Å². The number of benzene rings is 2. The molecule has 0 spiro atoms. The van der Waals surface area contributed by atoms with Crippen LogP contribution in [0, 0.1) is 5.82 Å². The lowest BCUT2D eigenvalue weighted by molar-refractivity contribution is 0.102. The van der Waals surface area contributed by atoms with Gasteiger partial charge in [0.05, 0.1) is 16.3 Å². The topological polar surface area (TPSA) is 72.7 Å². The fraction of sp³-hybridized carbons (Fsp3) is 0.0667. The summed E-state index contributed by atoms with van der Waals surface area (Å²) >= 11 is 7.31. The summed E-state index contributed by atoms with van der Waals surface area (Å²) in [6.45, 7) is 0. The molecule has 1 heterocycles. The number of nitrogens with one attached hydrogen (secondary N) is 1. The van der Waals surface area contributed by atoms with E-state index in [1.54, 1.807) is 22.9 Å². The molecule has 6 nitrogen and oxygen atoms in total. The predicted octanol–water partition coefficient (Wildman–Crippen LogP) is 3.43. The van der Waals surface area contributed by atoms with E-state index in [1.807, 2.05) is 12.3 Å². The van der Waals surface area contributed by atoms with Gasteiger partial charge in [0, 0.05) is 5.69 Å². The Hall–Kier alpha value is -2.45. The van der Waals surface area contributed by atoms with Crippen molar-refractivity contribution in [1.82, 2.24) is 20.2 Å². The van der Waals surface area contributed by atoms with Crippen molar-refractivity contribution in [3.8, 4) is 5.69 Å². The van der Waals surface area contributed by atoms with Gasteiger partial charge < -0.3 is 5.32 Å². The molecule has 122 valence electrons. The van der Waals surface area contributed by atoms with Crippen LogP contribution in [-0.2, 0) is 0 Å². The van der Waals surface area contributed by atoms with Crippen LogP contribution in [0.4, 0.5) is 10.1 Å². The summed E-state index contributed by atoms with van der Waals surface area (Å²) in [5.74, 6) is -0.930. The molecule has 9 heteroatoms. The highest BCUT2D eigenvalue weighted by atomic mass is 35.5. The smallest absolute Gasteiger partial charge is 0.257 e. The molecule has 0 aliphatic carbocycles. The number of hydrogen-bond donors (Lipinski definition) is 1. The highest BCUT2D eigenvalue weighted by Crippen LogP contribution is 2.21. The van der Waals surface area contributed by atoms with E-state index >= 15 is 0 Å². The number of rotatable bonds is 4. The average molecular weight is 364 g/mol. The Kier molecular flexibility index (Phi) is 4.77. The number of halogens is 2. The van der Waals surface area contributed by atoms with E-state index in [2.05, 4.69) is 20.8 Å². The van der Waals surface area contributed by atoms with Crippen LogP contribution in [0.3, 0.4) is 0 Å². The summed E-state index contributed by atoms with van der Waals surface area (Å²) in [6, 6.07) is 10.7. The van der Waals surface area contributed by atoms with E-state index in [-0.39, 0.29) is 10.6 Å². The second-order valence-electron chi connectivity index (χ2n) is 4.71. The van der Waals surface area contributed by atoms with Crippen molar-refractivity contribution in [1.29, 1.82) is 0 Å². The lowest BCUT2D eigenvalue weighted by Gasteiger charge is -2.09. The standard InChI is InChI=1S/C15H11ClFN5OS/c1-24-15-19-20-21-22(15)11-4-2-3-10(8-11)18-14(23)12-6-5-9(17)7-13(12)16/h2-8H,1H3,(H,18,23). The van der Waals surface area contributed by atoms with Crippen molar-refractivity contribution in [2.75, 3.05) is 11.6 Å². The largest absolute Gasteiger partial charge is 0.322 e. The zero-order chi connectivity index (χ0) is 17.1. The minimum atomic E-state index is -0.498. The molecule has 0 aliphatic heterocycles. The summed E-state index contributed by atoms with van der Waals surface area (Å²) in [4.78, 5) is 12.3. The van der Waals surface area contributed by atoms with Gasteiger partial charge in [-0.2, -0.15) is 4.68 Å². The zero-order valence-electron chi connectivity index (χ0n) is 12.4. The Morgan fingerprint density at radius 1 is 1.29 bits per heavy atom. The van der Waals surface area contributed by atoms with Crippen molar-refractivity contribution in [3.05, 3.63) is 58.9 Å². The molecule has 0 saturated carbocycles. The average Bonchev–Trinajstić information content (AvgIpc) is 3.03. The van der Waals surface area contributed by atoms with Crippen LogP contribution in [0.15, 0.2) is 47.6 Å². The Bertz CT molecular complexity index is 901. The highest BCUT2D eigenvalue weighted by molar-refractivity contribution is 7.98. The van der Waals surface area contributed by atoms with Crippen LogP contribution in [0.1, 0.15) is 10.4 Å². The van der Waals surface area contributed by atoms with Gasteiger partial charge in [-0.15, -0.1) is 5.10 Å². The van der Waals surface area contributed by atoms with Gasteiger partial charge in [-0.3, -0.25) is 4.79 Å². The summed E-state index contributed by atoms with van der Waals surface area (Å²) in [6.07, 6.45) is 1.87. The summed E-state index contributed by atoms with van der Waals surface area (Å²) in [5, 5.41) is 14.8. The molecule has 0 radical (unpaired) electrons. The van der Waals surface area contributed by atoms with E-state index in [0.29, 0.717) is 16.5 Å². The first kappa shape index (κ1) is 16.4. The molecule has 2 aromatic carbocycles. The Labute approximate surface area is 146 Å². The van der Waals surface area contributed by atoms with Gasteiger partial charge in [0.2, 0.25) is 5.16 Å². The van der Waals surface area contributed by atoms with Crippen LogP contribution in [0.2, 0.25) is 5.02 Å². The second kappa shape index (κ2) is 6.98. The van der Waals surface area contributed by atoms with E-state index < -0.39 is 11.7 Å². The lowest BCUT2D eigenvalue weighted by Crippen LogP contribution is -2.13. The third-order valence-corrected chi connectivity index (χ3v) is 4.08. The molecular weight excluding hydrogens is 353 g/mol. The molecule has 0 saturated heterocycles. The number of nitrogens with zero attached hydrogens (tertiary/aromatic N) is 4. The maximum Gasteiger partial charge on any atom is 0.257 e. The molecule has 0 atom stereocenters. The fourth-order valence-corrected chi connectivity index (χ4v) is 2.74. The second-order valence-corrected chi connectivity index (χ2v) is 5.89. The van der Waals surface area contributed by atoms with Crippen molar-refractivity contribution in [2.24, 2.45) is 0 Å². The molecular formula is C15H11ClFN5OS. The molecule has 0 bridgehead atoms. The van der Waals surface area contributed by atoms with Gasteiger partial charge in [0.25, 0.3) is 5.91 Å². The molecule has 0 aliphatic rings. The van der Waals surface area contributed by atoms with Gasteiger partial charge in [0.1, 0.15) is 5.82 Å². The molecule has 3 rings (SSSR count). The normalized spacial score (nSPS) is 10.6. The zero-order valence-corrected chi connectivity index (χ0v) is 14.0. The van der Waals surface area contributed by atoms with Gasteiger partial charge >= 0.3 is 0 Å². The number of anilines is 1. The highest BCUT2D eigenvalue weighted by Gasteiger charge is 2.13. The van der Waals surface area contributed by atoms with Crippen molar-refractivity contribution in [3.63, 3.8) is 0 Å². The van der Waals surface area contributed by atoms with Gasteiger partial charge in [-0.05, 0) is 53.1 Å². The lowest BCUT2D eigenvalue weighted by atomic mass is 10.2. The third kappa shape index (κ3) is 3.39. The minimum absolute atomic E-state index is 0.0498. The molecule has 0 unspecified atom stereocenters. The van der Waals surface area contributed by atoms with Gasteiger partial charge in [-0.25, -0.2) is 4.39 Å². The molecule has 24 heavy (non-hydrogen) atoms. The molecule has 1 N–H and O–H groups in total. The van der Waals surface area contributed by atoms with Crippen LogP contribution in [-0.4, -0.2) is 32.4 Å². The number of hydrogen-bond acceptors (Lipinski definition) is 5. The van der Waals surface area contributed by atoms with Gasteiger partial charge in [-0.1, -0.05) is 29.4 Å². The van der Waals surface area contributed by atoms with Crippen molar-refractivity contribution >= 4 is 35.0 Å². The summed E-state index contributed by atoms with van der Waals surface area (Å²) in [7, 11) is 0. The third-order valence-electron chi connectivity index (χ3n) is 3.15. The fourth-order valence-electron chi connectivity index (χ4n) is 2.06. The number of thioether (sulfide) groups is 1. The van der Waals surface area contributed by atoms with E-state index in [9.17, 15) is 9.18 Å². The Balaban J connectivity index is 1.86. The number of tetrazole rings is 1. The van der Waals surface area contributed by atoms with E-state index in [1.165, 1.54) is 23.9 Å². The van der Waals surface area contributed by atoms with E-state index in [0.717, 1.165) is 6.07 Å². The summed E-state index contributed by atoms with van der Waals surface area (Å²) in [5.41, 5.74) is 1.43. The molecule has 1 aromatic heterocycles. The number of amides is 1. The first-order valence-electron chi connectivity index (χ1n) is 6.77. The first-order valence-corrected chi connectivity index (χ1v) is 8.38. The monoisotopic (exact) mass is 363 g/mol. The van der Waals surface area contributed by atoms with Crippen LogP contribution >= 0.6 is 23.4 Å². The SMILES string of the molecule is CSc1nnnn1-c1cccc(NC(=O)c2ccc(F)cc2Cl)c1. The minimum Gasteiger partial charge on any atom is -0.322 e. The van der Waals surface area contributed by atoms with Crippen LogP contribution < -0.4 is 5.32 Å². The summed E-state index contributed by atoms with van der Waals surface area (Å²) < 4.78 is 14.6. The number of aromatic nitrogens is 4. The quantitative estimate of drug-likeness (QED) is 0.719. The van der Waals surface area contributed by atoms with Crippen LogP contribution in [0.5, 0.6) is 0 Å².